The lowest BCUT2D eigenvalue weighted by atomic mass is 10.2. The monoisotopic (exact) mass is 174 g/mol. The number of aliphatic hydroxyl groups is 1. The number of aliphatic hydroxyl groups excluding tert-OH is 1. The quantitative estimate of drug-likeness (QED) is 0.733. The molecule has 3 nitrogen and oxygen atoms in total. The molecule has 0 amide bonds. The maximum atomic E-state index is 12.2. The van der Waals surface area contributed by atoms with Crippen LogP contribution in [-0.2, 0) is 6.61 Å². The Kier molecular flexibility index (Phi) is 2.65. The Balaban J connectivity index is 3.14. The fourth-order valence-electron chi connectivity index (χ4n) is 0.882. The molecule has 1 heterocycles. The number of nitrogens with zero attached hydrogens (tertiary/aromatic N) is 2. The number of rotatable bonds is 2. The van der Waals surface area contributed by atoms with E-state index in [1.165, 1.54) is 6.92 Å². The predicted octanol–water partition coefficient (Wildman–Crippen LogP) is 1.21. The number of hydrogen-bond acceptors (Lipinski definition) is 3. The SMILES string of the molecule is Cc1c(CO)ncnc1C(F)F. The smallest absolute Gasteiger partial charge is 0.280 e. The largest absolute Gasteiger partial charge is 0.390 e. The Morgan fingerprint density at radius 3 is 2.67 bits per heavy atom. The van der Waals surface area contributed by atoms with E-state index in [9.17, 15) is 8.78 Å². The zero-order valence-corrected chi connectivity index (χ0v) is 6.46. The van der Waals surface area contributed by atoms with Gasteiger partial charge in [0, 0.05) is 5.56 Å². The number of hydrogen-bond donors (Lipinski definition) is 1. The highest BCUT2D eigenvalue weighted by molar-refractivity contribution is 5.22. The van der Waals surface area contributed by atoms with Crippen LogP contribution < -0.4 is 0 Å². The van der Waals surface area contributed by atoms with Gasteiger partial charge in [0.1, 0.15) is 12.0 Å². The van der Waals surface area contributed by atoms with E-state index in [1.807, 2.05) is 0 Å². The lowest BCUT2D eigenvalue weighted by Gasteiger charge is -2.05. The maximum absolute atomic E-state index is 12.2. The molecule has 0 spiro atoms. The van der Waals surface area contributed by atoms with Gasteiger partial charge in [-0.15, -0.1) is 0 Å². The van der Waals surface area contributed by atoms with Gasteiger partial charge in [0.05, 0.1) is 12.3 Å². The Morgan fingerprint density at radius 1 is 1.50 bits per heavy atom. The molecule has 1 aromatic rings. The molecule has 0 aliphatic heterocycles. The standard InChI is InChI=1S/C7H8F2N2O/c1-4-5(2-12)10-3-11-6(4)7(8)9/h3,7,12H,2H2,1H3. The van der Waals surface area contributed by atoms with Gasteiger partial charge in [0.15, 0.2) is 0 Å². The first-order valence-corrected chi connectivity index (χ1v) is 3.36. The van der Waals surface area contributed by atoms with Gasteiger partial charge in [-0.1, -0.05) is 0 Å². The van der Waals surface area contributed by atoms with Crippen LogP contribution in [0.5, 0.6) is 0 Å². The summed E-state index contributed by atoms with van der Waals surface area (Å²) in [6.07, 6.45) is -1.58. The van der Waals surface area contributed by atoms with E-state index < -0.39 is 6.43 Å². The second-order valence-electron chi connectivity index (χ2n) is 2.29. The highest BCUT2D eigenvalue weighted by atomic mass is 19.3. The van der Waals surface area contributed by atoms with Crippen LogP contribution in [0.4, 0.5) is 8.78 Å². The number of alkyl halides is 2. The van der Waals surface area contributed by atoms with Crippen molar-refractivity contribution in [3.8, 4) is 0 Å². The molecule has 0 radical (unpaired) electrons. The van der Waals surface area contributed by atoms with Crippen LogP contribution in [0, 0.1) is 6.92 Å². The molecule has 0 saturated heterocycles. The molecular weight excluding hydrogens is 166 g/mol. The van der Waals surface area contributed by atoms with Gasteiger partial charge >= 0.3 is 0 Å². The Labute approximate surface area is 68.1 Å². The highest BCUT2D eigenvalue weighted by Gasteiger charge is 2.14. The van der Waals surface area contributed by atoms with E-state index in [0.717, 1.165) is 6.33 Å². The molecule has 1 N–H and O–H groups in total. The summed E-state index contributed by atoms with van der Waals surface area (Å²) in [5.74, 6) is 0. The van der Waals surface area contributed by atoms with Crippen molar-refractivity contribution in [3.05, 3.63) is 23.3 Å². The van der Waals surface area contributed by atoms with Gasteiger partial charge in [0.2, 0.25) is 0 Å². The minimum atomic E-state index is -2.61. The molecule has 0 unspecified atom stereocenters. The first-order valence-electron chi connectivity index (χ1n) is 3.36. The van der Waals surface area contributed by atoms with Crippen molar-refractivity contribution < 1.29 is 13.9 Å². The van der Waals surface area contributed by atoms with Gasteiger partial charge in [-0.3, -0.25) is 0 Å². The lowest BCUT2D eigenvalue weighted by Crippen LogP contribution is -2.02. The Hall–Kier alpha value is -1.10. The summed E-state index contributed by atoms with van der Waals surface area (Å²) in [4.78, 5) is 7.06. The number of halogens is 2. The van der Waals surface area contributed by atoms with Gasteiger partial charge < -0.3 is 5.11 Å². The molecule has 66 valence electrons. The van der Waals surface area contributed by atoms with Gasteiger partial charge in [0.25, 0.3) is 6.43 Å². The third-order valence-corrected chi connectivity index (χ3v) is 1.58. The molecule has 1 rings (SSSR count). The zero-order valence-electron chi connectivity index (χ0n) is 6.46. The van der Waals surface area contributed by atoms with Crippen molar-refractivity contribution in [1.29, 1.82) is 0 Å². The van der Waals surface area contributed by atoms with Crippen LogP contribution in [-0.4, -0.2) is 15.1 Å². The topological polar surface area (TPSA) is 46.0 Å². The summed E-state index contributed by atoms with van der Waals surface area (Å²) >= 11 is 0. The molecule has 0 aromatic carbocycles. The van der Waals surface area contributed by atoms with Crippen LogP contribution in [0.15, 0.2) is 6.33 Å². The van der Waals surface area contributed by atoms with Crippen molar-refractivity contribution in [2.45, 2.75) is 20.0 Å². The Bertz CT molecular complexity index is 278. The first kappa shape index (κ1) is 8.99. The van der Waals surface area contributed by atoms with E-state index in [2.05, 4.69) is 9.97 Å². The van der Waals surface area contributed by atoms with Gasteiger partial charge in [-0.25, -0.2) is 18.7 Å². The summed E-state index contributed by atoms with van der Waals surface area (Å²) in [7, 11) is 0. The van der Waals surface area contributed by atoms with Crippen LogP contribution >= 0.6 is 0 Å². The van der Waals surface area contributed by atoms with Gasteiger partial charge in [-0.2, -0.15) is 0 Å². The van der Waals surface area contributed by atoms with Crippen molar-refractivity contribution >= 4 is 0 Å². The van der Waals surface area contributed by atoms with Gasteiger partial charge in [-0.05, 0) is 6.92 Å². The fraction of sp³-hybridized carbons (Fsp3) is 0.429. The third kappa shape index (κ3) is 1.55. The highest BCUT2D eigenvalue weighted by Crippen LogP contribution is 2.20. The molecule has 0 bridgehead atoms. The summed E-state index contributed by atoms with van der Waals surface area (Å²) in [6, 6.07) is 0. The first-order chi connectivity index (χ1) is 5.66. The predicted molar refractivity (Wildman–Crippen MR) is 37.6 cm³/mol. The van der Waals surface area contributed by atoms with E-state index in [4.69, 9.17) is 5.11 Å². The zero-order chi connectivity index (χ0) is 9.14. The van der Waals surface area contributed by atoms with Crippen LogP contribution in [0.3, 0.4) is 0 Å². The average molecular weight is 174 g/mol. The van der Waals surface area contributed by atoms with Crippen molar-refractivity contribution in [1.82, 2.24) is 9.97 Å². The number of aromatic nitrogens is 2. The minimum Gasteiger partial charge on any atom is -0.390 e. The molecular formula is C7H8F2N2O. The van der Waals surface area contributed by atoms with E-state index in [0.29, 0.717) is 0 Å². The van der Waals surface area contributed by atoms with Crippen molar-refractivity contribution in [2.75, 3.05) is 0 Å². The Morgan fingerprint density at radius 2 is 2.17 bits per heavy atom. The molecule has 0 saturated carbocycles. The van der Waals surface area contributed by atoms with Crippen molar-refractivity contribution in [2.24, 2.45) is 0 Å². The van der Waals surface area contributed by atoms with E-state index in [-0.39, 0.29) is 23.6 Å². The second-order valence-corrected chi connectivity index (χ2v) is 2.29. The fourth-order valence-corrected chi connectivity index (χ4v) is 0.882. The summed E-state index contributed by atoms with van der Waals surface area (Å²) in [5, 5.41) is 8.69. The van der Waals surface area contributed by atoms with E-state index in [1.54, 1.807) is 0 Å². The third-order valence-electron chi connectivity index (χ3n) is 1.58. The molecule has 1 aromatic heterocycles. The van der Waals surface area contributed by atoms with Crippen LogP contribution in [0.25, 0.3) is 0 Å². The lowest BCUT2D eigenvalue weighted by molar-refractivity contribution is 0.144. The average Bonchev–Trinajstić information content (AvgIpc) is 2.04. The molecule has 0 atom stereocenters. The summed E-state index contributed by atoms with van der Waals surface area (Å²) in [5.41, 5.74) is 0.198. The molecule has 12 heavy (non-hydrogen) atoms. The minimum absolute atomic E-state index is 0.250. The van der Waals surface area contributed by atoms with E-state index >= 15 is 0 Å². The maximum Gasteiger partial charge on any atom is 0.280 e. The summed E-state index contributed by atoms with van der Waals surface area (Å²) in [6.45, 7) is 1.13. The second kappa shape index (κ2) is 3.53. The van der Waals surface area contributed by atoms with Crippen LogP contribution in [0.1, 0.15) is 23.4 Å². The molecule has 5 heteroatoms. The molecule has 0 aliphatic carbocycles. The van der Waals surface area contributed by atoms with Crippen molar-refractivity contribution in [3.63, 3.8) is 0 Å². The van der Waals surface area contributed by atoms with Crippen LogP contribution in [0.2, 0.25) is 0 Å². The molecule has 0 fully saturated rings. The summed E-state index contributed by atoms with van der Waals surface area (Å²) < 4.78 is 24.3. The normalized spacial score (nSPS) is 10.8. The molecule has 0 aliphatic rings.